The average Bonchev–Trinajstić information content (AvgIpc) is 2.85. The minimum Gasteiger partial charge on any atom is -0.469 e. The molecule has 0 spiro atoms. The third kappa shape index (κ3) is 6.82. The third-order valence-corrected chi connectivity index (χ3v) is 2.86. The second-order valence-electron chi connectivity index (χ2n) is 4.28. The van der Waals surface area contributed by atoms with Crippen molar-refractivity contribution < 1.29 is 13.9 Å². The van der Waals surface area contributed by atoms with Crippen molar-refractivity contribution in [3.63, 3.8) is 0 Å². The Morgan fingerprint density at radius 3 is 2.53 bits per heavy atom. The van der Waals surface area contributed by atoms with Crippen molar-refractivity contribution in [1.29, 1.82) is 0 Å². The fourth-order valence-electron chi connectivity index (χ4n) is 1.83. The summed E-state index contributed by atoms with van der Waals surface area (Å²) in [6.45, 7) is 0. The number of carbonyl (C=O) groups excluding carboxylic acids is 1. The van der Waals surface area contributed by atoms with E-state index < -0.39 is 0 Å². The molecular weight excluding hydrogens is 216 g/mol. The largest absolute Gasteiger partial charge is 0.469 e. The first kappa shape index (κ1) is 13.8. The van der Waals surface area contributed by atoms with Crippen LogP contribution >= 0.6 is 0 Å². The Kier molecular flexibility index (Phi) is 7.19. The fourth-order valence-corrected chi connectivity index (χ4v) is 1.83. The van der Waals surface area contributed by atoms with Gasteiger partial charge in [-0.15, -0.1) is 0 Å². The Labute approximate surface area is 103 Å². The highest BCUT2D eigenvalue weighted by atomic mass is 16.5. The van der Waals surface area contributed by atoms with Crippen molar-refractivity contribution >= 4 is 5.97 Å². The topological polar surface area (TPSA) is 39.4 Å². The van der Waals surface area contributed by atoms with Crippen LogP contribution in [0.1, 0.15) is 50.7 Å². The Balaban J connectivity index is 1.83. The van der Waals surface area contributed by atoms with Gasteiger partial charge in [-0.3, -0.25) is 4.79 Å². The summed E-state index contributed by atoms with van der Waals surface area (Å²) in [6.07, 6.45) is 10.3. The molecule has 17 heavy (non-hydrogen) atoms. The molecule has 3 heteroatoms. The monoisotopic (exact) mass is 238 g/mol. The van der Waals surface area contributed by atoms with Crippen LogP contribution in [-0.4, -0.2) is 13.1 Å². The molecule has 96 valence electrons. The first-order chi connectivity index (χ1) is 8.33. The summed E-state index contributed by atoms with van der Waals surface area (Å²) in [5.41, 5.74) is 0. The molecule has 0 aliphatic carbocycles. The number of rotatable bonds is 9. The molecule has 0 unspecified atom stereocenters. The van der Waals surface area contributed by atoms with E-state index in [0.717, 1.165) is 25.0 Å². The van der Waals surface area contributed by atoms with Gasteiger partial charge in [-0.05, 0) is 25.0 Å². The van der Waals surface area contributed by atoms with E-state index in [0.29, 0.717) is 6.42 Å². The molecule has 0 atom stereocenters. The molecule has 0 bridgehead atoms. The normalized spacial score (nSPS) is 10.4. The minimum absolute atomic E-state index is 0.0946. The van der Waals surface area contributed by atoms with E-state index in [1.807, 2.05) is 12.1 Å². The van der Waals surface area contributed by atoms with E-state index in [1.165, 1.54) is 32.8 Å². The second kappa shape index (κ2) is 8.85. The van der Waals surface area contributed by atoms with Crippen LogP contribution in [0.2, 0.25) is 0 Å². The highest BCUT2D eigenvalue weighted by molar-refractivity contribution is 5.68. The van der Waals surface area contributed by atoms with Crippen LogP contribution in [0.3, 0.4) is 0 Å². The van der Waals surface area contributed by atoms with Gasteiger partial charge >= 0.3 is 5.97 Å². The standard InChI is InChI=1S/C14H22O3/c1-16-14(15)11-7-5-3-2-4-6-9-13-10-8-12-17-13/h8,10,12H,2-7,9,11H2,1H3. The van der Waals surface area contributed by atoms with Crippen LogP contribution in [0.25, 0.3) is 0 Å². The zero-order valence-electron chi connectivity index (χ0n) is 10.6. The number of unbranched alkanes of at least 4 members (excludes halogenated alkanes) is 5. The average molecular weight is 238 g/mol. The number of ether oxygens (including phenoxy) is 1. The molecule has 3 nitrogen and oxygen atoms in total. The van der Waals surface area contributed by atoms with Crippen molar-refractivity contribution in [1.82, 2.24) is 0 Å². The second-order valence-corrected chi connectivity index (χ2v) is 4.28. The zero-order chi connectivity index (χ0) is 12.3. The smallest absolute Gasteiger partial charge is 0.305 e. The van der Waals surface area contributed by atoms with E-state index in [9.17, 15) is 4.79 Å². The maximum Gasteiger partial charge on any atom is 0.305 e. The number of aryl methyl sites for hydroxylation is 1. The number of methoxy groups -OCH3 is 1. The summed E-state index contributed by atoms with van der Waals surface area (Å²) in [6, 6.07) is 3.96. The maximum atomic E-state index is 10.8. The number of hydrogen-bond donors (Lipinski definition) is 0. The van der Waals surface area contributed by atoms with E-state index in [4.69, 9.17) is 4.42 Å². The van der Waals surface area contributed by atoms with Crippen molar-refractivity contribution in [2.45, 2.75) is 51.4 Å². The lowest BCUT2D eigenvalue weighted by atomic mass is 10.1. The highest BCUT2D eigenvalue weighted by Gasteiger charge is 1.99. The van der Waals surface area contributed by atoms with Gasteiger partial charge < -0.3 is 9.15 Å². The number of hydrogen-bond acceptors (Lipinski definition) is 3. The predicted molar refractivity (Wildman–Crippen MR) is 66.7 cm³/mol. The molecule has 0 N–H and O–H groups in total. The lowest BCUT2D eigenvalue weighted by molar-refractivity contribution is -0.140. The molecule has 0 aromatic carbocycles. The summed E-state index contributed by atoms with van der Waals surface area (Å²) in [5, 5.41) is 0. The molecular formula is C14H22O3. The van der Waals surface area contributed by atoms with Gasteiger partial charge in [0.25, 0.3) is 0 Å². The predicted octanol–water partition coefficient (Wildman–Crippen LogP) is 3.73. The van der Waals surface area contributed by atoms with Crippen LogP contribution < -0.4 is 0 Å². The first-order valence-electron chi connectivity index (χ1n) is 6.42. The summed E-state index contributed by atoms with van der Waals surface area (Å²) >= 11 is 0. The lowest BCUT2D eigenvalue weighted by Gasteiger charge is -2.01. The van der Waals surface area contributed by atoms with Crippen molar-refractivity contribution in [3.05, 3.63) is 24.2 Å². The van der Waals surface area contributed by atoms with Crippen molar-refractivity contribution in [2.24, 2.45) is 0 Å². The van der Waals surface area contributed by atoms with E-state index in [-0.39, 0.29) is 5.97 Å². The summed E-state index contributed by atoms with van der Waals surface area (Å²) in [4.78, 5) is 10.8. The molecule has 0 radical (unpaired) electrons. The molecule has 1 aromatic heterocycles. The molecule has 0 aliphatic heterocycles. The van der Waals surface area contributed by atoms with Crippen LogP contribution in [0.15, 0.2) is 22.8 Å². The van der Waals surface area contributed by atoms with Gasteiger partial charge in [0.05, 0.1) is 13.4 Å². The van der Waals surface area contributed by atoms with Gasteiger partial charge in [0.1, 0.15) is 5.76 Å². The molecule has 0 saturated carbocycles. The molecule has 0 amide bonds. The minimum atomic E-state index is -0.0946. The van der Waals surface area contributed by atoms with E-state index in [2.05, 4.69) is 4.74 Å². The Hall–Kier alpha value is -1.25. The van der Waals surface area contributed by atoms with Crippen LogP contribution in [0.5, 0.6) is 0 Å². The van der Waals surface area contributed by atoms with Gasteiger partial charge in [-0.25, -0.2) is 0 Å². The van der Waals surface area contributed by atoms with Gasteiger partial charge in [0.15, 0.2) is 0 Å². The molecule has 1 heterocycles. The summed E-state index contributed by atoms with van der Waals surface area (Å²) in [7, 11) is 1.44. The van der Waals surface area contributed by atoms with Crippen molar-refractivity contribution in [2.75, 3.05) is 7.11 Å². The first-order valence-corrected chi connectivity index (χ1v) is 6.42. The van der Waals surface area contributed by atoms with Gasteiger partial charge in [-0.1, -0.05) is 25.7 Å². The van der Waals surface area contributed by atoms with E-state index >= 15 is 0 Å². The van der Waals surface area contributed by atoms with E-state index in [1.54, 1.807) is 6.26 Å². The molecule has 0 fully saturated rings. The number of furan rings is 1. The number of carbonyl (C=O) groups is 1. The molecule has 1 rings (SSSR count). The fraction of sp³-hybridized carbons (Fsp3) is 0.643. The SMILES string of the molecule is COC(=O)CCCCCCCCc1ccco1. The zero-order valence-corrected chi connectivity index (χ0v) is 10.6. The van der Waals surface area contributed by atoms with Gasteiger partial charge in [-0.2, -0.15) is 0 Å². The summed E-state index contributed by atoms with van der Waals surface area (Å²) < 4.78 is 9.85. The Bertz CT molecular complexity index is 290. The quantitative estimate of drug-likeness (QED) is 0.486. The van der Waals surface area contributed by atoms with Gasteiger partial charge in [0.2, 0.25) is 0 Å². The third-order valence-electron chi connectivity index (χ3n) is 2.86. The Morgan fingerprint density at radius 2 is 1.88 bits per heavy atom. The summed E-state index contributed by atoms with van der Waals surface area (Å²) in [5.74, 6) is 0.985. The number of esters is 1. The van der Waals surface area contributed by atoms with Gasteiger partial charge in [0, 0.05) is 12.8 Å². The molecule has 0 aliphatic rings. The lowest BCUT2D eigenvalue weighted by Crippen LogP contribution is -1.99. The highest BCUT2D eigenvalue weighted by Crippen LogP contribution is 2.11. The van der Waals surface area contributed by atoms with Crippen LogP contribution in [0.4, 0.5) is 0 Å². The Morgan fingerprint density at radius 1 is 1.18 bits per heavy atom. The molecule has 1 aromatic rings. The van der Waals surface area contributed by atoms with Crippen LogP contribution in [0, 0.1) is 0 Å². The molecule has 0 saturated heterocycles. The maximum absolute atomic E-state index is 10.8. The van der Waals surface area contributed by atoms with Crippen LogP contribution in [-0.2, 0) is 16.0 Å². The van der Waals surface area contributed by atoms with Crippen molar-refractivity contribution in [3.8, 4) is 0 Å².